The van der Waals surface area contributed by atoms with Crippen LogP contribution in [0.1, 0.15) is 12.1 Å². The summed E-state index contributed by atoms with van der Waals surface area (Å²) in [7, 11) is 3.53. The maximum absolute atomic E-state index is 11.9. The molecule has 2 N–H and O–H groups in total. The first-order valence-electron chi connectivity index (χ1n) is 5.71. The van der Waals surface area contributed by atoms with Gasteiger partial charge in [-0.05, 0) is 12.5 Å². The third-order valence-corrected chi connectivity index (χ3v) is 3.11. The van der Waals surface area contributed by atoms with Gasteiger partial charge in [-0.1, -0.05) is 0 Å². The quantitative estimate of drug-likeness (QED) is 0.736. The molecule has 1 aliphatic heterocycles. The number of rotatable bonds is 4. The third kappa shape index (κ3) is 2.83. The van der Waals surface area contributed by atoms with E-state index < -0.39 is 0 Å². The highest BCUT2D eigenvalue weighted by Gasteiger charge is 2.28. The lowest BCUT2D eigenvalue weighted by Crippen LogP contribution is -2.40. The van der Waals surface area contributed by atoms with Crippen LogP contribution in [0.5, 0.6) is 0 Å². The first-order valence-corrected chi connectivity index (χ1v) is 5.71. The smallest absolute Gasteiger partial charge is 0.237 e. The van der Waals surface area contributed by atoms with Crippen molar-refractivity contribution in [3.63, 3.8) is 0 Å². The Labute approximate surface area is 100 Å². The maximum atomic E-state index is 11.9. The fourth-order valence-electron chi connectivity index (χ4n) is 1.96. The van der Waals surface area contributed by atoms with Crippen molar-refractivity contribution in [2.45, 2.75) is 25.1 Å². The lowest BCUT2D eigenvalue weighted by Gasteiger charge is -2.11. The van der Waals surface area contributed by atoms with Crippen molar-refractivity contribution in [2.24, 2.45) is 7.05 Å². The standard InChI is InChI=1S/C11H18N4O2/c1-15-8(3-4-14-15)6-13-11(16)10-5-9(17-2)7-12-10/h3-4,9-10,12H,5-7H2,1-2H3,(H,13,16). The molecule has 0 aromatic carbocycles. The van der Waals surface area contributed by atoms with Gasteiger partial charge in [-0.25, -0.2) is 0 Å². The Kier molecular flexibility index (Phi) is 3.75. The summed E-state index contributed by atoms with van der Waals surface area (Å²) in [6.07, 6.45) is 2.59. The number of hydrogen-bond acceptors (Lipinski definition) is 4. The predicted octanol–water partition coefficient (Wildman–Crippen LogP) is -0.587. The minimum atomic E-state index is -0.145. The average Bonchev–Trinajstić information content (AvgIpc) is 2.94. The molecule has 94 valence electrons. The van der Waals surface area contributed by atoms with Crippen molar-refractivity contribution in [3.8, 4) is 0 Å². The van der Waals surface area contributed by atoms with Gasteiger partial charge in [0.15, 0.2) is 0 Å². The summed E-state index contributed by atoms with van der Waals surface area (Å²) >= 11 is 0. The molecular formula is C11H18N4O2. The lowest BCUT2D eigenvalue weighted by molar-refractivity contribution is -0.123. The minimum Gasteiger partial charge on any atom is -0.380 e. The van der Waals surface area contributed by atoms with Crippen LogP contribution in [0.3, 0.4) is 0 Å². The number of nitrogens with zero attached hydrogens (tertiary/aromatic N) is 2. The number of hydrogen-bond donors (Lipinski definition) is 2. The molecule has 2 heterocycles. The Balaban J connectivity index is 1.80. The lowest BCUT2D eigenvalue weighted by atomic mass is 10.2. The molecule has 0 bridgehead atoms. The molecular weight excluding hydrogens is 220 g/mol. The van der Waals surface area contributed by atoms with Crippen LogP contribution in [0.25, 0.3) is 0 Å². The van der Waals surface area contributed by atoms with E-state index in [1.807, 2.05) is 13.1 Å². The zero-order chi connectivity index (χ0) is 12.3. The van der Waals surface area contributed by atoms with Gasteiger partial charge in [0.05, 0.1) is 24.4 Å². The number of nitrogens with one attached hydrogen (secondary N) is 2. The van der Waals surface area contributed by atoms with Gasteiger partial charge in [0.25, 0.3) is 0 Å². The average molecular weight is 238 g/mol. The molecule has 0 spiro atoms. The molecule has 2 atom stereocenters. The van der Waals surface area contributed by atoms with E-state index in [0.717, 1.165) is 18.7 Å². The van der Waals surface area contributed by atoms with E-state index in [2.05, 4.69) is 15.7 Å². The van der Waals surface area contributed by atoms with Crippen LogP contribution in [-0.4, -0.2) is 41.5 Å². The third-order valence-electron chi connectivity index (χ3n) is 3.11. The van der Waals surface area contributed by atoms with E-state index in [9.17, 15) is 4.79 Å². The molecule has 6 nitrogen and oxygen atoms in total. The van der Waals surface area contributed by atoms with Crippen LogP contribution >= 0.6 is 0 Å². The van der Waals surface area contributed by atoms with Crippen molar-refractivity contribution in [1.82, 2.24) is 20.4 Å². The maximum Gasteiger partial charge on any atom is 0.237 e. The first-order chi connectivity index (χ1) is 8.20. The van der Waals surface area contributed by atoms with Crippen LogP contribution in [0.4, 0.5) is 0 Å². The first kappa shape index (κ1) is 12.1. The summed E-state index contributed by atoms with van der Waals surface area (Å²) in [5.41, 5.74) is 0.986. The highest BCUT2D eigenvalue weighted by atomic mass is 16.5. The van der Waals surface area contributed by atoms with Crippen molar-refractivity contribution < 1.29 is 9.53 Å². The molecule has 0 radical (unpaired) electrons. The SMILES string of the molecule is COC1CNC(C(=O)NCc2ccnn2C)C1. The van der Waals surface area contributed by atoms with Gasteiger partial charge >= 0.3 is 0 Å². The predicted molar refractivity (Wildman–Crippen MR) is 62.3 cm³/mol. The molecule has 1 fully saturated rings. The number of amides is 1. The van der Waals surface area contributed by atoms with Gasteiger partial charge < -0.3 is 15.4 Å². The monoisotopic (exact) mass is 238 g/mol. The second-order valence-electron chi connectivity index (χ2n) is 4.22. The Hall–Kier alpha value is -1.40. The summed E-state index contributed by atoms with van der Waals surface area (Å²) in [5.74, 6) is 0.0192. The van der Waals surface area contributed by atoms with Gasteiger partial charge in [-0.3, -0.25) is 9.48 Å². The highest BCUT2D eigenvalue weighted by molar-refractivity contribution is 5.82. The Morgan fingerprint density at radius 3 is 3.18 bits per heavy atom. The van der Waals surface area contributed by atoms with Crippen LogP contribution in [0.15, 0.2) is 12.3 Å². The van der Waals surface area contributed by atoms with Gasteiger partial charge in [-0.2, -0.15) is 5.10 Å². The zero-order valence-electron chi connectivity index (χ0n) is 10.1. The van der Waals surface area contributed by atoms with Crippen LogP contribution in [0, 0.1) is 0 Å². The van der Waals surface area contributed by atoms with Gasteiger partial charge in [0, 0.05) is 26.9 Å². The summed E-state index contributed by atoms with van der Waals surface area (Å²) in [4.78, 5) is 11.9. The molecule has 2 unspecified atom stereocenters. The Bertz CT molecular complexity index is 391. The molecule has 2 rings (SSSR count). The number of aryl methyl sites for hydroxylation is 1. The molecule has 6 heteroatoms. The number of carbonyl (C=O) groups is 1. The molecule has 0 aliphatic carbocycles. The summed E-state index contributed by atoms with van der Waals surface area (Å²) in [6.45, 7) is 1.24. The number of ether oxygens (including phenoxy) is 1. The van der Waals surface area contributed by atoms with Gasteiger partial charge in [0.1, 0.15) is 0 Å². The van der Waals surface area contributed by atoms with Crippen molar-refractivity contribution >= 4 is 5.91 Å². The van der Waals surface area contributed by atoms with Crippen LogP contribution in [-0.2, 0) is 23.1 Å². The largest absolute Gasteiger partial charge is 0.380 e. The van der Waals surface area contributed by atoms with E-state index in [-0.39, 0.29) is 18.1 Å². The van der Waals surface area contributed by atoms with Crippen molar-refractivity contribution in [2.75, 3.05) is 13.7 Å². The van der Waals surface area contributed by atoms with Crippen LogP contribution in [0.2, 0.25) is 0 Å². The molecule has 1 saturated heterocycles. The molecule has 1 amide bonds. The normalized spacial score (nSPS) is 23.9. The summed E-state index contributed by atoms with van der Waals surface area (Å²) in [5, 5.41) is 10.1. The van der Waals surface area contributed by atoms with E-state index in [4.69, 9.17) is 4.74 Å². The fraction of sp³-hybridized carbons (Fsp3) is 0.636. The Morgan fingerprint density at radius 1 is 1.76 bits per heavy atom. The van der Waals surface area contributed by atoms with Gasteiger partial charge in [0.2, 0.25) is 5.91 Å². The molecule has 1 aromatic heterocycles. The highest BCUT2D eigenvalue weighted by Crippen LogP contribution is 2.09. The van der Waals surface area contributed by atoms with Crippen LogP contribution < -0.4 is 10.6 Å². The van der Waals surface area contributed by atoms with Crippen molar-refractivity contribution in [1.29, 1.82) is 0 Å². The van der Waals surface area contributed by atoms with E-state index in [0.29, 0.717) is 6.54 Å². The van der Waals surface area contributed by atoms with Crippen molar-refractivity contribution in [3.05, 3.63) is 18.0 Å². The van der Waals surface area contributed by atoms with E-state index in [1.165, 1.54) is 0 Å². The molecule has 0 saturated carbocycles. The van der Waals surface area contributed by atoms with Gasteiger partial charge in [-0.15, -0.1) is 0 Å². The Morgan fingerprint density at radius 2 is 2.59 bits per heavy atom. The fourth-order valence-corrected chi connectivity index (χ4v) is 1.96. The number of aromatic nitrogens is 2. The molecule has 17 heavy (non-hydrogen) atoms. The molecule has 1 aliphatic rings. The van der Waals surface area contributed by atoms with E-state index >= 15 is 0 Å². The topological polar surface area (TPSA) is 68.2 Å². The summed E-state index contributed by atoms with van der Waals surface area (Å²) < 4.78 is 6.95. The zero-order valence-corrected chi connectivity index (χ0v) is 10.1. The second-order valence-corrected chi connectivity index (χ2v) is 4.22. The summed E-state index contributed by atoms with van der Waals surface area (Å²) in [6, 6.07) is 1.74. The number of methoxy groups -OCH3 is 1. The molecule has 1 aromatic rings. The minimum absolute atomic E-state index is 0.0192. The number of carbonyl (C=O) groups excluding carboxylic acids is 1. The van der Waals surface area contributed by atoms with E-state index in [1.54, 1.807) is 18.0 Å². The second kappa shape index (κ2) is 5.29.